The number of anilines is 1. The molecule has 0 bridgehead atoms. The van der Waals surface area contributed by atoms with Crippen molar-refractivity contribution >= 4 is 23.2 Å². The van der Waals surface area contributed by atoms with Gasteiger partial charge in [-0.15, -0.1) is 0 Å². The molecule has 0 aromatic heterocycles. The molecule has 0 saturated carbocycles. The Balaban J connectivity index is 1.84. The largest absolute Gasteiger partial charge is 0.323 e. The summed E-state index contributed by atoms with van der Waals surface area (Å²) >= 11 is 6.07. The molecular weight excluding hydrogens is 272 g/mol. The first kappa shape index (κ1) is 14.6. The Morgan fingerprint density at radius 1 is 1.10 bits per heavy atom. The number of carbonyl (C=O) groups excluding carboxylic acids is 1. The molecule has 0 unspecified atom stereocenters. The van der Waals surface area contributed by atoms with E-state index in [9.17, 15) is 4.79 Å². The molecule has 0 radical (unpaired) electrons. The number of rotatable bonds is 5. The maximum atomic E-state index is 11.9. The number of halogens is 1. The second-order valence-corrected chi connectivity index (χ2v) is 4.98. The molecule has 2 rings (SSSR count). The second kappa shape index (κ2) is 7.08. The van der Waals surface area contributed by atoms with Crippen LogP contribution >= 0.6 is 11.6 Å². The summed E-state index contributed by atoms with van der Waals surface area (Å²) in [7, 11) is 0. The molecule has 0 fully saturated rings. The van der Waals surface area contributed by atoms with Crippen LogP contribution in [-0.4, -0.2) is 12.5 Å². The molecule has 0 heterocycles. The number of aryl methyl sites for hydroxylation is 1. The van der Waals surface area contributed by atoms with Crippen molar-refractivity contribution in [1.82, 2.24) is 5.32 Å². The molecule has 2 aromatic rings. The summed E-state index contributed by atoms with van der Waals surface area (Å²) in [4.78, 5) is 11.9. The highest BCUT2D eigenvalue weighted by molar-refractivity contribution is 6.33. The molecule has 0 aliphatic heterocycles. The molecule has 0 spiro atoms. The van der Waals surface area contributed by atoms with E-state index < -0.39 is 0 Å². The SMILES string of the molecule is Cc1cccc(Cl)c1NC(=O)CNCc1ccccc1. The molecule has 20 heavy (non-hydrogen) atoms. The third-order valence-electron chi connectivity index (χ3n) is 2.94. The number of benzene rings is 2. The standard InChI is InChI=1S/C16H17ClN2O/c1-12-6-5-9-14(17)16(12)19-15(20)11-18-10-13-7-3-2-4-8-13/h2-9,18H,10-11H2,1H3,(H,19,20). The predicted molar refractivity (Wildman–Crippen MR) is 83.0 cm³/mol. The number of hydrogen-bond acceptors (Lipinski definition) is 2. The summed E-state index contributed by atoms with van der Waals surface area (Å²) in [6.45, 7) is 2.83. The van der Waals surface area contributed by atoms with Gasteiger partial charge in [0.1, 0.15) is 0 Å². The van der Waals surface area contributed by atoms with E-state index in [0.29, 0.717) is 17.3 Å². The molecule has 0 saturated heterocycles. The van der Waals surface area contributed by atoms with E-state index in [-0.39, 0.29) is 12.5 Å². The fourth-order valence-electron chi connectivity index (χ4n) is 1.89. The zero-order valence-corrected chi connectivity index (χ0v) is 12.1. The quantitative estimate of drug-likeness (QED) is 0.885. The van der Waals surface area contributed by atoms with Crippen LogP contribution in [0.15, 0.2) is 48.5 Å². The molecule has 2 N–H and O–H groups in total. The van der Waals surface area contributed by atoms with Crippen molar-refractivity contribution in [2.24, 2.45) is 0 Å². The van der Waals surface area contributed by atoms with Crippen LogP contribution in [0.3, 0.4) is 0 Å². The van der Waals surface area contributed by atoms with Gasteiger partial charge in [-0.2, -0.15) is 0 Å². The van der Waals surface area contributed by atoms with Crippen molar-refractivity contribution in [3.63, 3.8) is 0 Å². The van der Waals surface area contributed by atoms with Gasteiger partial charge in [0, 0.05) is 6.54 Å². The topological polar surface area (TPSA) is 41.1 Å². The van der Waals surface area contributed by atoms with Gasteiger partial charge in [0.2, 0.25) is 5.91 Å². The average molecular weight is 289 g/mol. The van der Waals surface area contributed by atoms with Gasteiger partial charge in [-0.1, -0.05) is 54.1 Å². The Morgan fingerprint density at radius 2 is 1.85 bits per heavy atom. The van der Waals surface area contributed by atoms with Gasteiger partial charge >= 0.3 is 0 Å². The average Bonchev–Trinajstić information content (AvgIpc) is 2.44. The number of carbonyl (C=O) groups is 1. The summed E-state index contributed by atoms with van der Waals surface area (Å²) in [6.07, 6.45) is 0. The Kier molecular flexibility index (Phi) is 5.16. The fourth-order valence-corrected chi connectivity index (χ4v) is 2.16. The Bertz CT molecular complexity index is 564. The highest BCUT2D eigenvalue weighted by atomic mass is 35.5. The van der Waals surface area contributed by atoms with Gasteiger partial charge in [0.05, 0.1) is 17.3 Å². The summed E-state index contributed by atoms with van der Waals surface area (Å²) in [5.41, 5.74) is 2.78. The normalized spacial score (nSPS) is 10.3. The third-order valence-corrected chi connectivity index (χ3v) is 3.26. The number of hydrogen-bond donors (Lipinski definition) is 2. The lowest BCUT2D eigenvalue weighted by molar-refractivity contribution is -0.115. The molecule has 0 atom stereocenters. The Hall–Kier alpha value is -1.84. The van der Waals surface area contributed by atoms with Crippen LogP contribution in [0.1, 0.15) is 11.1 Å². The van der Waals surface area contributed by atoms with Gasteiger partial charge in [0.15, 0.2) is 0 Å². The minimum atomic E-state index is -0.0999. The zero-order chi connectivity index (χ0) is 14.4. The zero-order valence-electron chi connectivity index (χ0n) is 11.3. The van der Waals surface area contributed by atoms with Gasteiger partial charge in [0.25, 0.3) is 0 Å². The maximum absolute atomic E-state index is 11.9. The monoisotopic (exact) mass is 288 g/mol. The minimum absolute atomic E-state index is 0.0999. The second-order valence-electron chi connectivity index (χ2n) is 4.57. The van der Waals surface area contributed by atoms with Crippen molar-refractivity contribution in [1.29, 1.82) is 0 Å². The van der Waals surface area contributed by atoms with Crippen molar-refractivity contribution in [3.8, 4) is 0 Å². The first-order valence-corrected chi connectivity index (χ1v) is 6.84. The maximum Gasteiger partial charge on any atom is 0.238 e. The van der Waals surface area contributed by atoms with Crippen LogP contribution < -0.4 is 10.6 Å². The van der Waals surface area contributed by atoms with Crippen LogP contribution in [0.5, 0.6) is 0 Å². The minimum Gasteiger partial charge on any atom is -0.323 e. The van der Waals surface area contributed by atoms with E-state index in [0.717, 1.165) is 11.1 Å². The lowest BCUT2D eigenvalue weighted by Gasteiger charge is -2.10. The lowest BCUT2D eigenvalue weighted by atomic mass is 10.2. The molecule has 104 valence electrons. The van der Waals surface area contributed by atoms with Crippen LogP contribution in [-0.2, 0) is 11.3 Å². The molecule has 2 aromatic carbocycles. The molecular formula is C16H17ClN2O. The highest BCUT2D eigenvalue weighted by Crippen LogP contribution is 2.24. The molecule has 1 amide bonds. The first-order valence-electron chi connectivity index (χ1n) is 6.46. The van der Waals surface area contributed by atoms with Gasteiger partial charge in [-0.25, -0.2) is 0 Å². The predicted octanol–water partition coefficient (Wildman–Crippen LogP) is 3.38. The molecule has 3 nitrogen and oxygen atoms in total. The summed E-state index contributed by atoms with van der Waals surface area (Å²) < 4.78 is 0. The first-order chi connectivity index (χ1) is 9.66. The van der Waals surface area contributed by atoms with Crippen LogP contribution in [0.4, 0.5) is 5.69 Å². The van der Waals surface area contributed by atoms with Crippen LogP contribution in [0, 0.1) is 6.92 Å². The van der Waals surface area contributed by atoms with E-state index in [1.807, 2.05) is 49.4 Å². The number of amides is 1. The Labute approximate surface area is 124 Å². The molecule has 4 heteroatoms. The van der Waals surface area contributed by atoms with Crippen molar-refractivity contribution in [3.05, 3.63) is 64.7 Å². The Morgan fingerprint density at radius 3 is 2.55 bits per heavy atom. The molecule has 0 aliphatic carbocycles. The van der Waals surface area contributed by atoms with Gasteiger partial charge in [-0.3, -0.25) is 4.79 Å². The van der Waals surface area contributed by atoms with Crippen molar-refractivity contribution in [2.45, 2.75) is 13.5 Å². The van der Waals surface area contributed by atoms with E-state index in [1.165, 1.54) is 0 Å². The van der Waals surface area contributed by atoms with Crippen LogP contribution in [0.2, 0.25) is 5.02 Å². The van der Waals surface area contributed by atoms with E-state index >= 15 is 0 Å². The fraction of sp³-hybridized carbons (Fsp3) is 0.188. The summed E-state index contributed by atoms with van der Waals surface area (Å²) in [5, 5.41) is 6.49. The van der Waals surface area contributed by atoms with Gasteiger partial charge < -0.3 is 10.6 Å². The van der Waals surface area contributed by atoms with Crippen molar-refractivity contribution in [2.75, 3.05) is 11.9 Å². The lowest BCUT2D eigenvalue weighted by Crippen LogP contribution is -2.28. The van der Waals surface area contributed by atoms with E-state index in [1.54, 1.807) is 6.07 Å². The summed E-state index contributed by atoms with van der Waals surface area (Å²) in [5.74, 6) is -0.0999. The summed E-state index contributed by atoms with van der Waals surface area (Å²) in [6, 6.07) is 15.5. The smallest absolute Gasteiger partial charge is 0.238 e. The number of para-hydroxylation sites is 1. The van der Waals surface area contributed by atoms with E-state index in [4.69, 9.17) is 11.6 Å². The number of nitrogens with one attached hydrogen (secondary N) is 2. The van der Waals surface area contributed by atoms with Crippen LogP contribution in [0.25, 0.3) is 0 Å². The highest BCUT2D eigenvalue weighted by Gasteiger charge is 2.07. The van der Waals surface area contributed by atoms with E-state index in [2.05, 4.69) is 10.6 Å². The van der Waals surface area contributed by atoms with Crippen molar-refractivity contribution < 1.29 is 4.79 Å². The third kappa shape index (κ3) is 4.08. The van der Waals surface area contributed by atoms with Gasteiger partial charge in [-0.05, 0) is 24.1 Å². The molecule has 0 aliphatic rings.